The summed E-state index contributed by atoms with van der Waals surface area (Å²) < 4.78 is 4.89. The van der Waals surface area contributed by atoms with Gasteiger partial charge in [-0.3, -0.25) is 0 Å². The SMILES string of the molecule is CCCC[O][Bi]. The molecular formula is C4H9BiO. The second kappa shape index (κ2) is 5.84. The van der Waals surface area contributed by atoms with Gasteiger partial charge >= 0.3 is 54.3 Å². The molecule has 0 heterocycles. The van der Waals surface area contributed by atoms with E-state index < -0.39 is 0 Å². The fraction of sp³-hybridized carbons (Fsp3) is 1.00. The molecule has 2 radical (unpaired) electrons. The summed E-state index contributed by atoms with van der Waals surface area (Å²) in [5, 5.41) is 0. The summed E-state index contributed by atoms with van der Waals surface area (Å²) in [4.78, 5) is 0. The van der Waals surface area contributed by atoms with Crippen LogP contribution in [0.25, 0.3) is 0 Å². The van der Waals surface area contributed by atoms with Crippen LogP contribution in [0, 0.1) is 0 Å². The van der Waals surface area contributed by atoms with Crippen molar-refractivity contribution in [2.45, 2.75) is 19.8 Å². The van der Waals surface area contributed by atoms with Crippen molar-refractivity contribution in [2.24, 2.45) is 0 Å². The van der Waals surface area contributed by atoms with Crippen LogP contribution in [0.2, 0.25) is 0 Å². The van der Waals surface area contributed by atoms with Gasteiger partial charge in [0.05, 0.1) is 0 Å². The molecule has 0 aromatic carbocycles. The predicted molar refractivity (Wildman–Crippen MR) is 26.6 cm³/mol. The molecule has 0 aromatic rings. The quantitative estimate of drug-likeness (QED) is 0.552. The molecule has 0 N–H and O–H groups in total. The van der Waals surface area contributed by atoms with Crippen molar-refractivity contribution in [3.63, 3.8) is 0 Å². The molecule has 0 rings (SSSR count). The normalized spacial score (nSPS) is 9.00. The summed E-state index contributed by atoms with van der Waals surface area (Å²) in [6.45, 7) is 3.13. The van der Waals surface area contributed by atoms with E-state index in [4.69, 9.17) is 2.81 Å². The van der Waals surface area contributed by atoms with Crippen LogP contribution >= 0.6 is 0 Å². The van der Waals surface area contributed by atoms with Gasteiger partial charge in [0.2, 0.25) is 0 Å². The van der Waals surface area contributed by atoms with Crippen molar-refractivity contribution in [3.8, 4) is 0 Å². The molecule has 0 bridgehead atoms. The molecule has 0 aliphatic rings. The Morgan fingerprint density at radius 1 is 1.67 bits per heavy atom. The standard InChI is InChI=1S/C4H9O.Bi/c1-2-3-4-5;/h2-4H2,1H3;/q-1;+1. The number of hydrogen-bond acceptors (Lipinski definition) is 1. The summed E-state index contributed by atoms with van der Waals surface area (Å²) in [7, 11) is 0. The summed E-state index contributed by atoms with van der Waals surface area (Å²) in [5.41, 5.74) is 0. The Kier molecular flexibility index (Phi) is 6.66. The van der Waals surface area contributed by atoms with E-state index in [1.165, 1.54) is 12.8 Å². The molecule has 6 heavy (non-hydrogen) atoms. The van der Waals surface area contributed by atoms with Crippen molar-refractivity contribution in [3.05, 3.63) is 0 Å². The Morgan fingerprint density at radius 2 is 2.33 bits per heavy atom. The molecule has 0 spiro atoms. The average Bonchev–Trinajstić information content (AvgIpc) is 1.61. The summed E-state index contributed by atoms with van der Waals surface area (Å²) in [5.74, 6) is 0. The molecule has 0 aromatic heterocycles. The van der Waals surface area contributed by atoms with E-state index in [1.54, 1.807) is 0 Å². The first-order valence-corrected chi connectivity index (χ1v) is 3.60. The Balaban J connectivity index is 2.34. The summed E-state index contributed by atoms with van der Waals surface area (Å²) >= 11 is 1.07. The van der Waals surface area contributed by atoms with Crippen LogP contribution in [-0.4, -0.2) is 31.8 Å². The van der Waals surface area contributed by atoms with Gasteiger partial charge in [0.25, 0.3) is 0 Å². The van der Waals surface area contributed by atoms with Gasteiger partial charge < -0.3 is 0 Å². The topological polar surface area (TPSA) is 9.23 Å². The Labute approximate surface area is 54.5 Å². The number of rotatable bonds is 3. The minimum absolute atomic E-state index is 0.963. The molecule has 0 atom stereocenters. The fourth-order valence-corrected chi connectivity index (χ4v) is 0.711. The fourth-order valence-electron chi connectivity index (χ4n) is 0.209. The molecule has 1 nitrogen and oxygen atoms in total. The molecule has 2 heteroatoms. The maximum absolute atomic E-state index is 4.89. The van der Waals surface area contributed by atoms with Crippen LogP contribution in [0.5, 0.6) is 0 Å². The van der Waals surface area contributed by atoms with Gasteiger partial charge in [-0.1, -0.05) is 0 Å². The molecule has 36 valence electrons. The third-order valence-electron chi connectivity index (χ3n) is 0.589. The van der Waals surface area contributed by atoms with Crippen molar-refractivity contribution in [2.75, 3.05) is 6.61 Å². The van der Waals surface area contributed by atoms with Crippen LogP contribution < -0.4 is 0 Å². The van der Waals surface area contributed by atoms with E-state index in [2.05, 4.69) is 6.92 Å². The van der Waals surface area contributed by atoms with Gasteiger partial charge in [0, 0.05) is 0 Å². The van der Waals surface area contributed by atoms with E-state index in [0.29, 0.717) is 0 Å². The van der Waals surface area contributed by atoms with E-state index >= 15 is 0 Å². The molecule has 0 saturated heterocycles. The number of hydrogen-bond donors (Lipinski definition) is 0. The van der Waals surface area contributed by atoms with Gasteiger partial charge in [-0.05, 0) is 0 Å². The van der Waals surface area contributed by atoms with E-state index in [1.807, 2.05) is 0 Å². The van der Waals surface area contributed by atoms with E-state index in [9.17, 15) is 0 Å². The van der Waals surface area contributed by atoms with Gasteiger partial charge in [-0.2, -0.15) is 0 Å². The predicted octanol–water partition coefficient (Wildman–Crippen LogP) is 0.887. The summed E-state index contributed by atoms with van der Waals surface area (Å²) in [6, 6.07) is 0. The van der Waals surface area contributed by atoms with E-state index in [0.717, 1.165) is 31.8 Å². The van der Waals surface area contributed by atoms with Crippen LogP contribution in [0.4, 0.5) is 0 Å². The van der Waals surface area contributed by atoms with Crippen molar-refractivity contribution < 1.29 is 2.81 Å². The first-order valence-electron chi connectivity index (χ1n) is 2.18. The minimum atomic E-state index is 0.963. The van der Waals surface area contributed by atoms with Crippen molar-refractivity contribution >= 4 is 25.2 Å². The van der Waals surface area contributed by atoms with Crippen molar-refractivity contribution in [1.82, 2.24) is 0 Å². The van der Waals surface area contributed by atoms with E-state index in [-0.39, 0.29) is 0 Å². The molecule has 0 aliphatic carbocycles. The van der Waals surface area contributed by atoms with Gasteiger partial charge in [0.1, 0.15) is 0 Å². The zero-order valence-corrected chi connectivity index (χ0v) is 7.45. The van der Waals surface area contributed by atoms with Gasteiger partial charge in [0.15, 0.2) is 0 Å². The Bertz CT molecular complexity index is 19.5. The third-order valence-corrected chi connectivity index (χ3v) is 1.30. The molecule has 0 saturated carbocycles. The molecule has 0 amide bonds. The number of unbranched alkanes of at least 4 members (excludes halogenated alkanes) is 1. The molecular weight excluding hydrogens is 273 g/mol. The molecule has 0 fully saturated rings. The molecule has 0 aliphatic heterocycles. The van der Waals surface area contributed by atoms with Gasteiger partial charge in [-0.15, -0.1) is 0 Å². The summed E-state index contributed by atoms with van der Waals surface area (Å²) in [6.07, 6.45) is 2.47. The van der Waals surface area contributed by atoms with Crippen LogP contribution in [0.15, 0.2) is 0 Å². The van der Waals surface area contributed by atoms with Crippen LogP contribution in [0.3, 0.4) is 0 Å². The second-order valence-electron chi connectivity index (χ2n) is 1.19. The Hall–Kier alpha value is 0.843. The monoisotopic (exact) mass is 282 g/mol. The third kappa shape index (κ3) is 4.84. The second-order valence-corrected chi connectivity index (χ2v) is 2.19. The maximum atomic E-state index is 4.89. The van der Waals surface area contributed by atoms with Crippen LogP contribution in [0.1, 0.15) is 19.8 Å². The van der Waals surface area contributed by atoms with Crippen LogP contribution in [-0.2, 0) is 2.81 Å². The average molecular weight is 282 g/mol. The zero-order valence-electron chi connectivity index (χ0n) is 3.98. The first kappa shape index (κ1) is 6.84. The first-order chi connectivity index (χ1) is 2.91. The molecule has 0 unspecified atom stereocenters. The zero-order chi connectivity index (χ0) is 4.83. The van der Waals surface area contributed by atoms with Gasteiger partial charge in [-0.25, -0.2) is 0 Å². The Morgan fingerprint density at radius 3 is 2.50 bits per heavy atom. The van der Waals surface area contributed by atoms with Crippen molar-refractivity contribution in [1.29, 1.82) is 0 Å².